The number of methoxy groups -OCH3 is 1. The van der Waals surface area contributed by atoms with Gasteiger partial charge >= 0.3 is 11.9 Å². The van der Waals surface area contributed by atoms with Gasteiger partial charge in [-0.15, -0.1) is 0 Å². The van der Waals surface area contributed by atoms with Crippen molar-refractivity contribution in [2.45, 2.75) is 32.5 Å². The Labute approximate surface area is 133 Å². The number of carbonyl (C=O) groups is 2. The molecule has 120 valence electrons. The number of hydrogen-bond donors (Lipinski definition) is 0. The van der Waals surface area contributed by atoms with Crippen LogP contribution >= 0.6 is 11.6 Å². The zero-order chi connectivity index (χ0) is 16.3. The molecule has 0 N–H and O–H groups in total. The summed E-state index contributed by atoms with van der Waals surface area (Å²) in [5.74, 6) is -0.524. The Morgan fingerprint density at radius 1 is 1.41 bits per heavy atom. The molecule has 1 heterocycles. The second-order valence-electron chi connectivity index (χ2n) is 5.01. The normalized spacial score (nSPS) is 17.3. The highest BCUT2D eigenvalue weighted by atomic mass is 35.5. The average Bonchev–Trinajstić information content (AvgIpc) is 2.85. The van der Waals surface area contributed by atoms with Crippen molar-refractivity contribution < 1.29 is 28.5 Å². The lowest BCUT2D eigenvalue weighted by atomic mass is 10.2. The number of rotatable bonds is 5. The van der Waals surface area contributed by atoms with Crippen LogP contribution in [0.1, 0.15) is 30.6 Å². The molecule has 22 heavy (non-hydrogen) atoms. The molecular weight excluding hydrogens is 312 g/mol. The van der Waals surface area contributed by atoms with Crippen molar-refractivity contribution in [1.29, 1.82) is 0 Å². The van der Waals surface area contributed by atoms with Gasteiger partial charge < -0.3 is 18.9 Å². The van der Waals surface area contributed by atoms with E-state index < -0.39 is 18.0 Å². The standard InChI is InChI=1S/C15H17ClO6/c1-8(2)21-13-10(16)6-9(7-12(13)19-3)14(17)22-11-4-5-20-15(11)18/h6-8,11H,4-5H2,1-3H3/t11-/m1/s1. The Morgan fingerprint density at radius 2 is 2.14 bits per heavy atom. The van der Waals surface area contributed by atoms with Gasteiger partial charge in [0.1, 0.15) is 0 Å². The first-order chi connectivity index (χ1) is 10.4. The summed E-state index contributed by atoms with van der Waals surface area (Å²) in [5.41, 5.74) is 0.178. The molecule has 1 fully saturated rings. The molecule has 1 saturated heterocycles. The van der Waals surface area contributed by atoms with Crippen LogP contribution in [0.3, 0.4) is 0 Å². The Bertz CT molecular complexity index is 584. The highest BCUT2D eigenvalue weighted by Crippen LogP contribution is 2.37. The van der Waals surface area contributed by atoms with E-state index in [1.807, 2.05) is 13.8 Å². The highest BCUT2D eigenvalue weighted by molar-refractivity contribution is 6.32. The molecule has 1 atom stereocenters. The molecule has 0 radical (unpaired) electrons. The van der Waals surface area contributed by atoms with Crippen molar-refractivity contribution in [3.05, 3.63) is 22.7 Å². The van der Waals surface area contributed by atoms with Crippen LogP contribution in [0.2, 0.25) is 5.02 Å². The van der Waals surface area contributed by atoms with Crippen LogP contribution in [0, 0.1) is 0 Å². The third-order valence-electron chi connectivity index (χ3n) is 2.96. The fourth-order valence-electron chi connectivity index (χ4n) is 1.97. The van der Waals surface area contributed by atoms with Gasteiger partial charge in [-0.05, 0) is 26.0 Å². The SMILES string of the molecule is COc1cc(C(=O)O[C@@H]2CCOC2=O)cc(Cl)c1OC(C)C. The molecule has 1 aliphatic heterocycles. The van der Waals surface area contributed by atoms with Crippen LogP contribution in [-0.2, 0) is 14.3 Å². The summed E-state index contributed by atoms with van der Waals surface area (Å²) in [4.78, 5) is 23.5. The van der Waals surface area contributed by atoms with Crippen LogP contribution in [0.4, 0.5) is 0 Å². The molecule has 0 amide bonds. The van der Waals surface area contributed by atoms with E-state index >= 15 is 0 Å². The van der Waals surface area contributed by atoms with Crippen LogP contribution in [-0.4, -0.2) is 37.9 Å². The lowest BCUT2D eigenvalue weighted by Gasteiger charge is -2.16. The largest absolute Gasteiger partial charge is 0.493 e. The van der Waals surface area contributed by atoms with Crippen molar-refractivity contribution in [3.63, 3.8) is 0 Å². The van der Waals surface area contributed by atoms with Crippen molar-refractivity contribution in [2.75, 3.05) is 13.7 Å². The van der Waals surface area contributed by atoms with Gasteiger partial charge in [0.15, 0.2) is 11.5 Å². The molecule has 0 unspecified atom stereocenters. The van der Waals surface area contributed by atoms with E-state index in [0.717, 1.165) is 0 Å². The van der Waals surface area contributed by atoms with Crippen molar-refractivity contribution in [3.8, 4) is 11.5 Å². The quantitative estimate of drug-likeness (QED) is 0.774. The van der Waals surface area contributed by atoms with Crippen LogP contribution in [0.5, 0.6) is 11.5 Å². The lowest BCUT2D eigenvalue weighted by Crippen LogP contribution is -2.22. The minimum Gasteiger partial charge on any atom is -0.493 e. The number of esters is 2. The first-order valence-electron chi connectivity index (χ1n) is 6.84. The Morgan fingerprint density at radius 3 is 2.68 bits per heavy atom. The van der Waals surface area contributed by atoms with Gasteiger partial charge in [0.05, 0.1) is 30.4 Å². The van der Waals surface area contributed by atoms with E-state index in [2.05, 4.69) is 0 Å². The maximum Gasteiger partial charge on any atom is 0.347 e. The summed E-state index contributed by atoms with van der Waals surface area (Å²) in [7, 11) is 1.45. The predicted octanol–water partition coefficient (Wildman–Crippen LogP) is 2.61. The maximum atomic E-state index is 12.1. The number of ether oxygens (including phenoxy) is 4. The molecule has 1 aromatic rings. The third kappa shape index (κ3) is 3.62. The van der Waals surface area contributed by atoms with Gasteiger partial charge in [-0.1, -0.05) is 11.6 Å². The van der Waals surface area contributed by atoms with Gasteiger partial charge in [-0.25, -0.2) is 9.59 Å². The summed E-state index contributed by atoms with van der Waals surface area (Å²) in [5, 5.41) is 0.231. The fourth-order valence-corrected chi connectivity index (χ4v) is 2.22. The smallest absolute Gasteiger partial charge is 0.347 e. The highest BCUT2D eigenvalue weighted by Gasteiger charge is 2.31. The molecule has 7 heteroatoms. The number of benzene rings is 1. The molecule has 1 aliphatic rings. The van der Waals surface area contributed by atoms with Gasteiger partial charge in [0.2, 0.25) is 6.10 Å². The topological polar surface area (TPSA) is 71.1 Å². The van der Waals surface area contributed by atoms with E-state index in [1.54, 1.807) is 0 Å². The van der Waals surface area contributed by atoms with Gasteiger partial charge in [0.25, 0.3) is 0 Å². The summed E-state index contributed by atoms with van der Waals surface area (Å²) >= 11 is 6.14. The lowest BCUT2D eigenvalue weighted by molar-refractivity contribution is -0.145. The van der Waals surface area contributed by atoms with Crippen LogP contribution in [0.15, 0.2) is 12.1 Å². The Balaban J connectivity index is 2.22. The van der Waals surface area contributed by atoms with E-state index in [1.165, 1.54) is 19.2 Å². The van der Waals surface area contributed by atoms with Gasteiger partial charge in [-0.2, -0.15) is 0 Å². The average molecular weight is 329 g/mol. The van der Waals surface area contributed by atoms with E-state index in [0.29, 0.717) is 17.9 Å². The zero-order valence-corrected chi connectivity index (χ0v) is 13.3. The minimum atomic E-state index is -0.871. The van der Waals surface area contributed by atoms with Crippen LogP contribution in [0.25, 0.3) is 0 Å². The molecule has 6 nitrogen and oxygen atoms in total. The summed E-state index contributed by atoms with van der Waals surface area (Å²) in [6.07, 6.45) is -0.620. The monoisotopic (exact) mass is 328 g/mol. The Kier molecular flexibility index (Phi) is 5.13. The second-order valence-corrected chi connectivity index (χ2v) is 5.41. The first kappa shape index (κ1) is 16.4. The number of carbonyl (C=O) groups excluding carboxylic acids is 2. The van der Waals surface area contributed by atoms with Crippen molar-refractivity contribution in [2.24, 2.45) is 0 Å². The molecular formula is C15H17ClO6. The fraction of sp³-hybridized carbons (Fsp3) is 0.467. The molecule has 1 aromatic carbocycles. The molecule has 0 aliphatic carbocycles. The van der Waals surface area contributed by atoms with E-state index in [4.69, 9.17) is 30.5 Å². The van der Waals surface area contributed by atoms with Gasteiger partial charge in [-0.3, -0.25) is 0 Å². The number of cyclic esters (lactones) is 1. The third-order valence-corrected chi connectivity index (χ3v) is 3.24. The molecule has 0 aromatic heterocycles. The van der Waals surface area contributed by atoms with Crippen molar-refractivity contribution >= 4 is 23.5 Å². The van der Waals surface area contributed by atoms with Gasteiger partial charge in [0, 0.05) is 6.42 Å². The molecule has 0 spiro atoms. The summed E-state index contributed by atoms with van der Waals surface area (Å²) < 4.78 is 20.6. The first-order valence-corrected chi connectivity index (χ1v) is 7.22. The predicted molar refractivity (Wildman–Crippen MR) is 78.5 cm³/mol. The van der Waals surface area contributed by atoms with E-state index in [-0.39, 0.29) is 23.3 Å². The number of hydrogen-bond acceptors (Lipinski definition) is 6. The maximum absolute atomic E-state index is 12.1. The minimum absolute atomic E-state index is 0.0996. The second kappa shape index (κ2) is 6.87. The molecule has 2 rings (SSSR count). The van der Waals surface area contributed by atoms with E-state index in [9.17, 15) is 9.59 Å². The zero-order valence-electron chi connectivity index (χ0n) is 12.6. The van der Waals surface area contributed by atoms with Crippen LogP contribution < -0.4 is 9.47 Å². The molecule has 0 bridgehead atoms. The number of halogens is 1. The molecule has 0 saturated carbocycles. The summed E-state index contributed by atoms with van der Waals surface area (Å²) in [6.45, 7) is 3.95. The summed E-state index contributed by atoms with van der Waals surface area (Å²) in [6, 6.07) is 2.89. The van der Waals surface area contributed by atoms with Crippen molar-refractivity contribution in [1.82, 2.24) is 0 Å². The Hall–Kier alpha value is -1.95.